The zero-order chi connectivity index (χ0) is 26.8. The van der Waals surface area contributed by atoms with E-state index in [0.717, 1.165) is 73.1 Å². The number of halogens is 4. The molecule has 1 amide bonds. The largest absolute Gasteiger partial charge is 0.378 e. The third kappa shape index (κ3) is 6.25. The van der Waals surface area contributed by atoms with E-state index < -0.39 is 23.8 Å². The summed E-state index contributed by atoms with van der Waals surface area (Å²) >= 11 is 0. The van der Waals surface area contributed by atoms with E-state index in [1.165, 1.54) is 12.1 Å². The molecule has 0 unspecified atom stereocenters. The fourth-order valence-corrected chi connectivity index (χ4v) is 5.56. The summed E-state index contributed by atoms with van der Waals surface area (Å²) in [6.07, 6.45) is -1.06. The van der Waals surface area contributed by atoms with Crippen LogP contribution in [-0.2, 0) is 4.79 Å². The molecule has 0 radical (unpaired) electrons. The molecule has 2 aliphatic rings. The molecule has 0 spiro atoms. The van der Waals surface area contributed by atoms with Gasteiger partial charge in [-0.3, -0.25) is 9.78 Å². The number of piperazine rings is 1. The number of anilines is 2. The number of nitrogens with one attached hydrogen (secondary N) is 2. The third-order valence-corrected chi connectivity index (χ3v) is 7.70. The van der Waals surface area contributed by atoms with Gasteiger partial charge in [-0.05, 0) is 64.0 Å². The van der Waals surface area contributed by atoms with E-state index in [2.05, 4.69) is 26.6 Å². The number of amides is 1. The number of aromatic nitrogens is 1. The third-order valence-electron chi connectivity index (χ3n) is 7.70. The lowest BCUT2D eigenvalue weighted by atomic mass is 9.96. The van der Waals surface area contributed by atoms with Gasteiger partial charge in [-0.2, -0.15) is 0 Å². The van der Waals surface area contributed by atoms with Gasteiger partial charge in [0.1, 0.15) is 5.82 Å². The van der Waals surface area contributed by atoms with Crippen molar-refractivity contribution in [3.8, 4) is 0 Å². The van der Waals surface area contributed by atoms with Crippen molar-refractivity contribution < 1.29 is 18.0 Å². The van der Waals surface area contributed by atoms with Crippen LogP contribution >= 0.6 is 12.4 Å². The number of carbonyl (C=O) groups excluding carboxylic acids is 1. The Kier molecular flexibility index (Phi) is 9.23. The van der Waals surface area contributed by atoms with Crippen LogP contribution in [0.25, 0.3) is 10.9 Å². The molecule has 10 heteroatoms. The molecule has 3 heterocycles. The Balaban J connectivity index is 0.00000353. The molecule has 39 heavy (non-hydrogen) atoms. The van der Waals surface area contributed by atoms with Gasteiger partial charge in [0.05, 0.1) is 17.1 Å². The number of pyridine rings is 1. The minimum Gasteiger partial charge on any atom is -0.378 e. The van der Waals surface area contributed by atoms with Crippen molar-refractivity contribution in [2.24, 2.45) is 5.92 Å². The van der Waals surface area contributed by atoms with Crippen LogP contribution in [0.2, 0.25) is 0 Å². The maximum atomic E-state index is 14.8. The Bertz CT molecular complexity index is 1310. The molecule has 210 valence electrons. The Morgan fingerprint density at radius 3 is 2.44 bits per heavy atom. The van der Waals surface area contributed by atoms with E-state index in [1.807, 2.05) is 30.0 Å². The quantitative estimate of drug-likeness (QED) is 0.395. The molecule has 6 nitrogen and oxygen atoms in total. The summed E-state index contributed by atoms with van der Waals surface area (Å²) in [4.78, 5) is 21.9. The molecule has 5 rings (SSSR count). The first-order chi connectivity index (χ1) is 18.3. The second-order valence-electron chi connectivity index (χ2n) is 10.3. The number of aryl methyl sites for hydroxylation is 1. The molecule has 3 aromatic rings. The summed E-state index contributed by atoms with van der Waals surface area (Å²) in [6, 6.07) is 11.5. The number of hydrogen-bond acceptors (Lipinski definition) is 5. The van der Waals surface area contributed by atoms with Crippen molar-refractivity contribution in [1.82, 2.24) is 15.2 Å². The highest BCUT2D eigenvalue weighted by molar-refractivity contribution is 5.94. The van der Waals surface area contributed by atoms with Crippen molar-refractivity contribution in [2.45, 2.75) is 39.2 Å². The van der Waals surface area contributed by atoms with Crippen molar-refractivity contribution in [2.75, 3.05) is 49.5 Å². The molecular formula is C29H35ClF3N5O. The number of benzene rings is 2. The van der Waals surface area contributed by atoms with Gasteiger partial charge < -0.3 is 20.4 Å². The molecule has 2 N–H and O–H groups in total. The van der Waals surface area contributed by atoms with Gasteiger partial charge in [0.2, 0.25) is 5.91 Å². The van der Waals surface area contributed by atoms with Crippen molar-refractivity contribution >= 4 is 40.6 Å². The highest BCUT2D eigenvalue weighted by atomic mass is 35.5. The van der Waals surface area contributed by atoms with E-state index in [9.17, 15) is 18.0 Å². The van der Waals surface area contributed by atoms with Crippen LogP contribution < -0.4 is 15.5 Å². The number of piperidine rings is 1. The number of carbonyl (C=O) groups is 1. The van der Waals surface area contributed by atoms with Crippen molar-refractivity contribution in [3.63, 3.8) is 0 Å². The lowest BCUT2D eigenvalue weighted by molar-refractivity contribution is -0.136. The zero-order valence-electron chi connectivity index (χ0n) is 22.2. The van der Waals surface area contributed by atoms with Gasteiger partial charge in [0.25, 0.3) is 6.43 Å². The van der Waals surface area contributed by atoms with E-state index in [-0.39, 0.29) is 29.8 Å². The van der Waals surface area contributed by atoms with Crippen LogP contribution in [0.15, 0.2) is 42.5 Å². The van der Waals surface area contributed by atoms with E-state index in [1.54, 1.807) is 6.92 Å². The number of rotatable bonds is 6. The van der Waals surface area contributed by atoms with Gasteiger partial charge in [-0.1, -0.05) is 18.2 Å². The second-order valence-corrected chi connectivity index (χ2v) is 10.3. The summed E-state index contributed by atoms with van der Waals surface area (Å²) in [7, 11) is 0. The van der Waals surface area contributed by atoms with E-state index >= 15 is 0 Å². The molecule has 0 aliphatic carbocycles. The van der Waals surface area contributed by atoms with E-state index in [0.29, 0.717) is 13.1 Å². The van der Waals surface area contributed by atoms with Crippen LogP contribution in [-0.4, -0.2) is 55.1 Å². The lowest BCUT2D eigenvalue weighted by Crippen LogP contribution is -2.51. The highest BCUT2D eigenvalue weighted by Crippen LogP contribution is 2.33. The Hall–Kier alpha value is -3.04. The summed E-state index contributed by atoms with van der Waals surface area (Å²) < 4.78 is 41.3. The Labute approximate surface area is 233 Å². The maximum absolute atomic E-state index is 14.8. The van der Waals surface area contributed by atoms with Crippen molar-refractivity contribution in [3.05, 3.63) is 65.1 Å². The van der Waals surface area contributed by atoms with Crippen LogP contribution in [0, 0.1) is 18.7 Å². The first-order valence-electron chi connectivity index (χ1n) is 13.3. The van der Waals surface area contributed by atoms with Gasteiger partial charge in [-0.25, -0.2) is 13.2 Å². The maximum Gasteiger partial charge on any atom is 0.266 e. The van der Waals surface area contributed by atoms with Crippen LogP contribution in [0.1, 0.15) is 49.1 Å². The summed E-state index contributed by atoms with van der Waals surface area (Å²) in [5.41, 5.74) is 2.99. The minimum atomic E-state index is -2.87. The number of fused-ring (bicyclic) bond motifs is 1. The van der Waals surface area contributed by atoms with Crippen LogP contribution in [0.4, 0.5) is 24.5 Å². The highest BCUT2D eigenvalue weighted by Gasteiger charge is 2.28. The number of nitrogens with zero attached hydrogens (tertiary/aromatic N) is 3. The number of hydrogen-bond donors (Lipinski definition) is 2. The first kappa shape index (κ1) is 29.0. The SMILES string of the molecule is Cc1cc(N[C@H](C)c2cccc(C(F)F)c2F)c2cc(N3CCN(C(=O)C4CCNCC4)CC3)ccc2n1.Cl. The minimum absolute atomic E-state index is 0. The van der Waals surface area contributed by atoms with Gasteiger partial charge in [0.15, 0.2) is 0 Å². The first-order valence-corrected chi connectivity index (χ1v) is 13.3. The lowest BCUT2D eigenvalue weighted by Gasteiger charge is -2.38. The predicted octanol–water partition coefficient (Wildman–Crippen LogP) is 5.86. The molecule has 0 bridgehead atoms. The van der Waals surface area contributed by atoms with Gasteiger partial charge >= 0.3 is 0 Å². The molecule has 2 saturated heterocycles. The molecule has 0 saturated carbocycles. The average molecular weight is 562 g/mol. The van der Waals surface area contributed by atoms with Crippen LogP contribution in [0.5, 0.6) is 0 Å². The number of alkyl halides is 2. The molecule has 2 fully saturated rings. The normalized spacial score (nSPS) is 17.3. The van der Waals surface area contributed by atoms with Gasteiger partial charge in [0, 0.05) is 60.1 Å². The molecule has 1 atom stereocenters. The fraction of sp³-hybridized carbons (Fsp3) is 0.448. The zero-order valence-corrected chi connectivity index (χ0v) is 23.0. The smallest absolute Gasteiger partial charge is 0.266 e. The Morgan fingerprint density at radius 2 is 1.74 bits per heavy atom. The summed E-state index contributed by atoms with van der Waals surface area (Å²) in [5.74, 6) is -0.484. The average Bonchev–Trinajstić information content (AvgIpc) is 2.93. The monoisotopic (exact) mass is 561 g/mol. The molecule has 2 aliphatic heterocycles. The van der Waals surface area contributed by atoms with E-state index in [4.69, 9.17) is 0 Å². The second kappa shape index (κ2) is 12.4. The molecular weight excluding hydrogens is 527 g/mol. The molecule has 2 aromatic carbocycles. The summed E-state index contributed by atoms with van der Waals surface area (Å²) in [5, 5.41) is 7.53. The van der Waals surface area contributed by atoms with Crippen LogP contribution in [0.3, 0.4) is 0 Å². The standard InChI is InChI=1S/C29H34F3N5O.ClH/c1-18-16-26(35-19(2)22-4-3-5-23(27(22)30)28(31)32)24-17-21(6-7-25(24)34-18)36-12-14-37(15-13-36)29(38)20-8-10-33-11-9-20;/h3-7,16-17,19-20,28,33H,8-15H2,1-2H3,(H,34,35);1H/t19-;/m1./s1. The predicted molar refractivity (Wildman–Crippen MR) is 152 cm³/mol. The summed E-state index contributed by atoms with van der Waals surface area (Å²) in [6.45, 7) is 8.32. The topological polar surface area (TPSA) is 60.5 Å². The fourth-order valence-electron chi connectivity index (χ4n) is 5.56. The molecule has 1 aromatic heterocycles. The van der Waals surface area contributed by atoms with Crippen molar-refractivity contribution in [1.29, 1.82) is 0 Å². The Morgan fingerprint density at radius 1 is 1.05 bits per heavy atom. The van der Waals surface area contributed by atoms with Gasteiger partial charge in [-0.15, -0.1) is 12.4 Å².